The van der Waals surface area contributed by atoms with Crippen LogP contribution >= 0.6 is 0 Å². The third-order valence-electron chi connectivity index (χ3n) is 2.42. The molecule has 124 valence electrons. The van der Waals surface area contributed by atoms with Crippen molar-refractivity contribution in [3.05, 3.63) is 41.7 Å². The van der Waals surface area contributed by atoms with E-state index in [0.29, 0.717) is 5.69 Å². The van der Waals surface area contributed by atoms with Crippen LogP contribution in [0.4, 0.5) is 14.9 Å². The fourth-order valence-corrected chi connectivity index (χ4v) is 1.54. The monoisotopic (exact) mass is 321 g/mol. The molecule has 0 unspecified atom stereocenters. The Morgan fingerprint density at radius 3 is 2.65 bits per heavy atom. The molecule has 0 radical (unpaired) electrons. The van der Waals surface area contributed by atoms with Crippen LogP contribution in [0.25, 0.3) is 0 Å². The second kappa shape index (κ2) is 8.07. The van der Waals surface area contributed by atoms with Gasteiger partial charge in [0.2, 0.25) is 5.88 Å². The highest BCUT2D eigenvalue weighted by Crippen LogP contribution is 2.18. The normalized spacial score (nSPS) is 11.6. The quantitative estimate of drug-likeness (QED) is 0.638. The van der Waals surface area contributed by atoms with Gasteiger partial charge in [0.15, 0.2) is 0 Å². The summed E-state index contributed by atoms with van der Waals surface area (Å²) < 4.78 is 24.2. The van der Waals surface area contributed by atoms with Gasteiger partial charge in [-0.25, -0.2) is 14.2 Å². The molecule has 0 spiro atoms. The van der Waals surface area contributed by atoms with E-state index in [1.807, 2.05) is 0 Å². The Kier molecular flexibility index (Phi) is 6.44. The first-order valence-corrected chi connectivity index (χ1v) is 6.79. The largest absolute Gasteiger partial charge is 0.472 e. The summed E-state index contributed by atoms with van der Waals surface area (Å²) in [7, 11) is 0. The van der Waals surface area contributed by atoms with E-state index in [9.17, 15) is 9.18 Å². The van der Waals surface area contributed by atoms with Gasteiger partial charge in [-0.3, -0.25) is 10.3 Å². The fourth-order valence-electron chi connectivity index (χ4n) is 1.54. The molecule has 1 aromatic rings. The lowest BCUT2D eigenvalue weighted by Crippen LogP contribution is -2.27. The topological polar surface area (TPSA) is 72.3 Å². The van der Waals surface area contributed by atoms with Crippen molar-refractivity contribution in [2.45, 2.75) is 33.0 Å². The molecule has 0 saturated carbocycles. The maximum absolute atomic E-state index is 13.8. The van der Waals surface area contributed by atoms with Gasteiger partial charge in [-0.1, -0.05) is 0 Å². The van der Waals surface area contributed by atoms with Crippen LogP contribution in [-0.4, -0.2) is 25.1 Å². The van der Waals surface area contributed by atoms with Crippen LogP contribution in [0, 0.1) is 5.82 Å². The third-order valence-corrected chi connectivity index (χ3v) is 2.42. The average molecular weight is 321 g/mol. The van der Waals surface area contributed by atoms with Gasteiger partial charge in [-0.2, -0.15) is 0 Å². The van der Waals surface area contributed by atoms with Gasteiger partial charge in [-0.05, 0) is 52.4 Å². The van der Waals surface area contributed by atoms with Gasteiger partial charge in [-0.15, -0.1) is 0 Å². The van der Waals surface area contributed by atoms with E-state index in [2.05, 4.69) is 28.7 Å². The molecule has 0 heterocycles. The Bertz CT molecular complexity index is 621. The number of carbonyl (C=O) groups excluding carboxylic acids is 1. The number of benzene rings is 1. The number of carbonyl (C=O) groups is 1. The van der Waals surface area contributed by atoms with Gasteiger partial charge in [0.1, 0.15) is 18.0 Å². The van der Waals surface area contributed by atoms with Crippen LogP contribution < -0.4 is 5.32 Å². The minimum absolute atomic E-state index is 0.101. The number of anilines is 1. The predicted molar refractivity (Wildman–Crippen MR) is 88.2 cm³/mol. The molecular formula is C16H20FN3O3. The molecule has 1 N–H and O–H groups in total. The van der Waals surface area contributed by atoms with Crippen molar-refractivity contribution in [1.82, 2.24) is 0 Å². The standard InChI is InChI=1S/C16H20FN3O3/c1-16(2,3)23-15(21)20-12-6-7-13(17)11(8-12)10-22-14(19-5)9-18-4/h6-9H,4-5,10H2,1-3H3,(H,20,21)/b14-9+. The molecule has 0 aliphatic carbocycles. The first-order chi connectivity index (χ1) is 10.7. The van der Waals surface area contributed by atoms with Crippen LogP contribution in [0.1, 0.15) is 26.3 Å². The second-order valence-electron chi connectivity index (χ2n) is 5.53. The van der Waals surface area contributed by atoms with Crippen LogP contribution in [-0.2, 0) is 16.1 Å². The van der Waals surface area contributed by atoms with Crippen molar-refractivity contribution in [2.24, 2.45) is 9.98 Å². The van der Waals surface area contributed by atoms with E-state index in [4.69, 9.17) is 9.47 Å². The number of rotatable bonds is 6. The van der Waals surface area contributed by atoms with Gasteiger partial charge in [0, 0.05) is 11.3 Å². The molecule has 0 bridgehead atoms. The summed E-state index contributed by atoms with van der Waals surface area (Å²) >= 11 is 0. The highest BCUT2D eigenvalue weighted by molar-refractivity contribution is 5.84. The zero-order valence-corrected chi connectivity index (χ0v) is 13.4. The van der Waals surface area contributed by atoms with Crippen molar-refractivity contribution in [2.75, 3.05) is 5.32 Å². The van der Waals surface area contributed by atoms with Crippen molar-refractivity contribution in [3.8, 4) is 0 Å². The van der Waals surface area contributed by atoms with Crippen molar-refractivity contribution >= 4 is 25.2 Å². The van der Waals surface area contributed by atoms with Crippen molar-refractivity contribution in [1.29, 1.82) is 0 Å². The minimum Gasteiger partial charge on any atom is -0.472 e. The number of aliphatic imine (C=N–C) groups is 2. The first kappa shape index (κ1) is 18.3. The summed E-state index contributed by atoms with van der Waals surface area (Å²) in [5.74, 6) is -0.361. The van der Waals surface area contributed by atoms with Crippen molar-refractivity contribution in [3.63, 3.8) is 0 Å². The number of nitrogens with one attached hydrogen (secondary N) is 1. The minimum atomic E-state index is -0.625. The van der Waals surface area contributed by atoms with Crippen LogP contribution in [0.2, 0.25) is 0 Å². The molecule has 0 fully saturated rings. The first-order valence-electron chi connectivity index (χ1n) is 6.79. The SMILES string of the molecule is C=N/C=C(\N=C)OCc1cc(NC(=O)OC(C)(C)C)ccc1F. The lowest BCUT2D eigenvalue weighted by atomic mass is 10.2. The van der Waals surface area contributed by atoms with Crippen LogP contribution in [0.3, 0.4) is 0 Å². The molecular weight excluding hydrogens is 301 g/mol. The molecule has 0 aliphatic rings. The molecule has 1 aromatic carbocycles. The number of hydrogen-bond donors (Lipinski definition) is 1. The summed E-state index contributed by atoms with van der Waals surface area (Å²) in [6, 6.07) is 4.10. The highest BCUT2D eigenvalue weighted by atomic mass is 19.1. The Morgan fingerprint density at radius 2 is 2.09 bits per heavy atom. The number of amides is 1. The maximum Gasteiger partial charge on any atom is 0.412 e. The molecule has 23 heavy (non-hydrogen) atoms. The molecule has 0 aliphatic heterocycles. The fraction of sp³-hybridized carbons (Fsp3) is 0.312. The average Bonchev–Trinajstić information content (AvgIpc) is 2.44. The predicted octanol–water partition coefficient (Wildman–Crippen LogP) is 3.89. The number of hydrogen-bond acceptors (Lipinski definition) is 5. The molecule has 1 rings (SSSR count). The van der Waals surface area contributed by atoms with E-state index in [-0.39, 0.29) is 18.1 Å². The van der Waals surface area contributed by atoms with Gasteiger partial charge >= 0.3 is 6.09 Å². The van der Waals surface area contributed by atoms with Crippen molar-refractivity contribution < 1.29 is 18.7 Å². The molecule has 1 amide bonds. The smallest absolute Gasteiger partial charge is 0.412 e. The molecule has 7 heteroatoms. The van der Waals surface area contributed by atoms with Crippen LogP contribution in [0.5, 0.6) is 0 Å². The zero-order chi connectivity index (χ0) is 17.5. The third kappa shape index (κ3) is 6.73. The van der Waals surface area contributed by atoms with E-state index >= 15 is 0 Å². The summed E-state index contributed by atoms with van der Waals surface area (Å²) in [6.07, 6.45) is 0.633. The Balaban J connectivity index is 2.79. The maximum atomic E-state index is 13.8. The van der Waals surface area contributed by atoms with E-state index in [0.717, 1.165) is 0 Å². The van der Waals surface area contributed by atoms with E-state index in [1.165, 1.54) is 24.4 Å². The van der Waals surface area contributed by atoms with Gasteiger partial charge < -0.3 is 9.47 Å². The van der Waals surface area contributed by atoms with Gasteiger partial charge in [0.05, 0.1) is 6.20 Å². The van der Waals surface area contributed by atoms with E-state index in [1.54, 1.807) is 20.8 Å². The summed E-state index contributed by atoms with van der Waals surface area (Å²) in [5, 5.41) is 2.53. The lowest BCUT2D eigenvalue weighted by Gasteiger charge is -2.19. The Morgan fingerprint density at radius 1 is 1.39 bits per heavy atom. The summed E-state index contributed by atoms with van der Waals surface area (Å²) in [5.41, 5.74) is -0.00125. The highest BCUT2D eigenvalue weighted by Gasteiger charge is 2.16. The molecule has 0 saturated heterocycles. The van der Waals surface area contributed by atoms with Gasteiger partial charge in [0.25, 0.3) is 0 Å². The number of ether oxygens (including phenoxy) is 2. The lowest BCUT2D eigenvalue weighted by molar-refractivity contribution is 0.0636. The number of nitrogens with zero attached hydrogens (tertiary/aromatic N) is 2. The second-order valence-corrected chi connectivity index (χ2v) is 5.53. The summed E-state index contributed by atoms with van der Waals surface area (Å²) in [6.45, 7) is 11.7. The Hall–Kier alpha value is -2.70. The molecule has 6 nitrogen and oxygen atoms in total. The van der Waals surface area contributed by atoms with Crippen LogP contribution in [0.15, 0.2) is 40.3 Å². The van der Waals surface area contributed by atoms with E-state index < -0.39 is 17.5 Å². The molecule has 0 aromatic heterocycles. The summed E-state index contributed by atoms with van der Waals surface area (Å²) in [4.78, 5) is 18.8. The molecule has 0 atom stereocenters. The Labute approximate surface area is 134 Å². The number of halogens is 1. The zero-order valence-electron chi connectivity index (χ0n) is 13.4.